The maximum atomic E-state index is 13.0. The van der Waals surface area contributed by atoms with Crippen molar-refractivity contribution < 1.29 is 13.9 Å². The molecule has 176 valence electrons. The molecule has 1 aliphatic heterocycles. The van der Waals surface area contributed by atoms with Gasteiger partial charge in [-0.1, -0.05) is 30.8 Å². The number of carbonyl (C=O) groups is 1. The summed E-state index contributed by atoms with van der Waals surface area (Å²) in [6, 6.07) is 11.3. The summed E-state index contributed by atoms with van der Waals surface area (Å²) in [4.78, 5) is 15.3. The van der Waals surface area contributed by atoms with Crippen molar-refractivity contribution in [3.8, 4) is 5.75 Å². The molecule has 0 saturated carbocycles. The summed E-state index contributed by atoms with van der Waals surface area (Å²) >= 11 is 1.39. The topological polar surface area (TPSA) is 85.4 Å². The van der Waals surface area contributed by atoms with Gasteiger partial charge in [0.05, 0.1) is 30.4 Å². The molecule has 8 nitrogen and oxygen atoms in total. The molecule has 1 aromatic carbocycles. The van der Waals surface area contributed by atoms with E-state index in [4.69, 9.17) is 9.15 Å². The standard InChI is InChI=1S/C24H31N5O3S/c1-4-31-21-10-6-5-9-20(21)25-22(30)18(3)33-24-27-26-23(28-13-11-17(2)12-14-28)29(24)16-19-8-7-15-32-19/h5-10,15,17-18H,4,11-14,16H2,1-3H3,(H,25,30). The number of nitrogens with one attached hydrogen (secondary N) is 1. The number of anilines is 2. The third-order valence-electron chi connectivity index (χ3n) is 5.75. The third-order valence-corrected chi connectivity index (χ3v) is 6.83. The van der Waals surface area contributed by atoms with Crippen molar-refractivity contribution in [3.63, 3.8) is 0 Å². The quantitative estimate of drug-likeness (QED) is 0.456. The Balaban J connectivity index is 1.51. The fourth-order valence-electron chi connectivity index (χ4n) is 3.80. The number of piperidine rings is 1. The van der Waals surface area contributed by atoms with E-state index in [1.165, 1.54) is 11.8 Å². The van der Waals surface area contributed by atoms with Crippen LogP contribution in [0, 0.1) is 5.92 Å². The van der Waals surface area contributed by atoms with Crippen LogP contribution in [0.1, 0.15) is 39.4 Å². The monoisotopic (exact) mass is 469 g/mol. The van der Waals surface area contributed by atoms with Crippen molar-refractivity contribution in [2.24, 2.45) is 5.92 Å². The van der Waals surface area contributed by atoms with Crippen LogP contribution in [0.25, 0.3) is 0 Å². The van der Waals surface area contributed by atoms with Gasteiger partial charge in [0, 0.05) is 13.1 Å². The highest BCUT2D eigenvalue weighted by Gasteiger charge is 2.26. The van der Waals surface area contributed by atoms with Crippen molar-refractivity contribution in [1.29, 1.82) is 0 Å². The molecule has 3 heterocycles. The smallest absolute Gasteiger partial charge is 0.237 e. The maximum Gasteiger partial charge on any atom is 0.237 e. The van der Waals surface area contributed by atoms with Crippen LogP contribution in [0.4, 0.5) is 11.6 Å². The highest BCUT2D eigenvalue weighted by atomic mass is 32.2. The first-order valence-electron chi connectivity index (χ1n) is 11.4. The van der Waals surface area contributed by atoms with Crippen molar-refractivity contribution in [2.45, 2.75) is 50.6 Å². The van der Waals surface area contributed by atoms with E-state index >= 15 is 0 Å². The van der Waals surface area contributed by atoms with Gasteiger partial charge in [-0.3, -0.25) is 9.36 Å². The molecule has 1 atom stereocenters. The van der Waals surface area contributed by atoms with Gasteiger partial charge in [-0.05, 0) is 56.9 Å². The number of hydrogen-bond donors (Lipinski definition) is 1. The van der Waals surface area contributed by atoms with Gasteiger partial charge in [-0.2, -0.15) is 0 Å². The zero-order valence-electron chi connectivity index (χ0n) is 19.4. The Kier molecular flexibility index (Phi) is 7.59. The van der Waals surface area contributed by atoms with Gasteiger partial charge in [0.2, 0.25) is 11.9 Å². The SMILES string of the molecule is CCOc1ccccc1NC(=O)C(C)Sc1nnc(N2CCC(C)CC2)n1Cc1ccco1. The number of nitrogens with zero attached hydrogens (tertiary/aromatic N) is 4. The zero-order chi connectivity index (χ0) is 23.2. The minimum atomic E-state index is -0.381. The van der Waals surface area contributed by atoms with E-state index in [0.717, 1.165) is 43.6 Å². The second-order valence-corrected chi connectivity index (χ2v) is 9.60. The second kappa shape index (κ2) is 10.8. The van der Waals surface area contributed by atoms with Gasteiger partial charge >= 0.3 is 0 Å². The Morgan fingerprint density at radius 1 is 1.24 bits per heavy atom. The first kappa shape index (κ1) is 23.2. The van der Waals surface area contributed by atoms with E-state index in [-0.39, 0.29) is 11.2 Å². The minimum Gasteiger partial charge on any atom is -0.492 e. The molecule has 0 aliphatic carbocycles. The third kappa shape index (κ3) is 5.71. The van der Waals surface area contributed by atoms with Gasteiger partial charge < -0.3 is 19.4 Å². The van der Waals surface area contributed by atoms with Crippen LogP contribution in [0.2, 0.25) is 0 Å². The molecule has 3 aromatic rings. The van der Waals surface area contributed by atoms with Crippen molar-refractivity contribution in [3.05, 3.63) is 48.4 Å². The fourth-order valence-corrected chi connectivity index (χ4v) is 4.65. The van der Waals surface area contributed by atoms with Gasteiger partial charge in [-0.15, -0.1) is 10.2 Å². The molecule has 33 heavy (non-hydrogen) atoms. The van der Waals surface area contributed by atoms with E-state index in [1.54, 1.807) is 6.26 Å². The fraction of sp³-hybridized carbons (Fsp3) is 0.458. The van der Waals surface area contributed by atoms with Gasteiger partial charge in [0.15, 0.2) is 5.16 Å². The first-order chi connectivity index (χ1) is 16.0. The Bertz CT molecular complexity index is 1040. The first-order valence-corrected chi connectivity index (χ1v) is 12.3. The van der Waals surface area contributed by atoms with E-state index in [0.29, 0.717) is 29.7 Å². The number of carbonyl (C=O) groups excluding carboxylic acids is 1. The summed E-state index contributed by atoms with van der Waals surface area (Å²) in [6.07, 6.45) is 3.93. The maximum absolute atomic E-state index is 13.0. The average Bonchev–Trinajstić information content (AvgIpc) is 3.47. The van der Waals surface area contributed by atoms with Crippen molar-refractivity contribution >= 4 is 29.3 Å². The lowest BCUT2D eigenvalue weighted by Gasteiger charge is -2.31. The Labute approximate surface area is 198 Å². The molecule has 1 saturated heterocycles. The molecule has 0 bridgehead atoms. The highest BCUT2D eigenvalue weighted by molar-refractivity contribution is 8.00. The lowest BCUT2D eigenvalue weighted by Crippen LogP contribution is -2.35. The summed E-state index contributed by atoms with van der Waals surface area (Å²) in [7, 11) is 0. The van der Waals surface area contributed by atoms with E-state index in [2.05, 4.69) is 31.9 Å². The molecule has 9 heteroatoms. The van der Waals surface area contributed by atoms with Crippen LogP contribution < -0.4 is 15.0 Å². The number of hydrogen-bond acceptors (Lipinski definition) is 7. The van der Waals surface area contributed by atoms with Crippen LogP contribution in [-0.2, 0) is 11.3 Å². The Morgan fingerprint density at radius 2 is 2.03 bits per heavy atom. The molecular formula is C24H31N5O3S. The average molecular weight is 470 g/mol. The molecule has 0 radical (unpaired) electrons. The number of ether oxygens (including phenoxy) is 1. The lowest BCUT2D eigenvalue weighted by atomic mass is 10.00. The Hall–Kier alpha value is -2.94. The summed E-state index contributed by atoms with van der Waals surface area (Å²) in [6.45, 7) is 9.03. The van der Waals surface area contributed by atoms with Crippen LogP contribution in [0.5, 0.6) is 5.75 Å². The molecule has 1 fully saturated rings. The molecule has 1 N–H and O–H groups in total. The van der Waals surface area contributed by atoms with E-state index in [9.17, 15) is 4.79 Å². The number of benzene rings is 1. The normalized spacial score (nSPS) is 15.4. The number of thioether (sulfide) groups is 1. The lowest BCUT2D eigenvalue weighted by molar-refractivity contribution is -0.115. The molecule has 1 unspecified atom stereocenters. The second-order valence-electron chi connectivity index (χ2n) is 8.30. The number of rotatable bonds is 9. The highest BCUT2D eigenvalue weighted by Crippen LogP contribution is 2.30. The summed E-state index contributed by atoms with van der Waals surface area (Å²) in [5.74, 6) is 2.92. The summed E-state index contributed by atoms with van der Waals surface area (Å²) in [5, 5.41) is 12.3. The van der Waals surface area contributed by atoms with Gasteiger partial charge in [0.1, 0.15) is 11.5 Å². The zero-order valence-corrected chi connectivity index (χ0v) is 20.2. The molecule has 1 aliphatic rings. The number of aromatic nitrogens is 3. The molecule has 4 rings (SSSR count). The van der Waals surface area contributed by atoms with Crippen LogP contribution in [-0.4, -0.2) is 45.6 Å². The molecule has 0 spiro atoms. The summed E-state index contributed by atoms with van der Waals surface area (Å²) in [5.41, 5.74) is 0.664. The van der Waals surface area contributed by atoms with Crippen molar-refractivity contribution in [2.75, 3.05) is 29.9 Å². The van der Waals surface area contributed by atoms with Gasteiger partial charge in [0.25, 0.3) is 0 Å². The van der Waals surface area contributed by atoms with Crippen molar-refractivity contribution in [1.82, 2.24) is 14.8 Å². The molecule has 1 amide bonds. The predicted molar refractivity (Wildman–Crippen MR) is 130 cm³/mol. The van der Waals surface area contributed by atoms with E-state index in [1.807, 2.05) is 50.2 Å². The predicted octanol–water partition coefficient (Wildman–Crippen LogP) is 4.67. The number of para-hydroxylation sites is 2. The number of furan rings is 1. The molecule has 2 aromatic heterocycles. The van der Waals surface area contributed by atoms with Crippen LogP contribution >= 0.6 is 11.8 Å². The molecular weight excluding hydrogens is 438 g/mol. The minimum absolute atomic E-state index is 0.118. The summed E-state index contributed by atoms with van der Waals surface area (Å²) < 4.78 is 13.3. The number of amides is 1. The largest absolute Gasteiger partial charge is 0.492 e. The Morgan fingerprint density at radius 3 is 2.76 bits per heavy atom. The van der Waals surface area contributed by atoms with E-state index < -0.39 is 0 Å². The van der Waals surface area contributed by atoms with Crippen LogP contribution in [0.3, 0.4) is 0 Å². The van der Waals surface area contributed by atoms with Gasteiger partial charge in [-0.25, -0.2) is 0 Å². The van der Waals surface area contributed by atoms with Crippen LogP contribution in [0.15, 0.2) is 52.2 Å².